The van der Waals surface area contributed by atoms with E-state index >= 15 is 0 Å². The third kappa shape index (κ3) is 3.97. The van der Waals surface area contributed by atoms with E-state index in [2.05, 4.69) is 10.4 Å². The Hall–Kier alpha value is -3.22. The van der Waals surface area contributed by atoms with Crippen LogP contribution < -0.4 is 14.8 Å². The zero-order valence-electron chi connectivity index (χ0n) is 16.0. The van der Waals surface area contributed by atoms with E-state index in [1.165, 1.54) is 0 Å². The number of rotatable bonds is 7. The fourth-order valence-electron chi connectivity index (χ4n) is 2.98. The second-order valence-corrected chi connectivity index (χ2v) is 6.24. The van der Waals surface area contributed by atoms with Crippen LogP contribution in [0.3, 0.4) is 0 Å². The van der Waals surface area contributed by atoms with Gasteiger partial charge in [-0.15, -0.1) is 0 Å². The molecule has 1 aromatic carbocycles. The molecule has 1 amide bonds. The average Bonchev–Trinajstić information content (AvgIpc) is 3.26. The maximum atomic E-state index is 12.5. The molecular formula is C20H24N4O3. The molecule has 0 aliphatic heterocycles. The minimum absolute atomic E-state index is 0.147. The van der Waals surface area contributed by atoms with E-state index in [0.717, 1.165) is 17.0 Å². The highest BCUT2D eigenvalue weighted by Gasteiger charge is 2.15. The molecule has 0 unspecified atom stereocenters. The van der Waals surface area contributed by atoms with E-state index in [1.807, 2.05) is 48.1 Å². The number of aromatic nitrogens is 3. The van der Waals surface area contributed by atoms with Crippen LogP contribution in [-0.4, -0.2) is 41.0 Å². The molecule has 0 atom stereocenters. The van der Waals surface area contributed by atoms with Crippen LogP contribution >= 0.6 is 0 Å². The van der Waals surface area contributed by atoms with Gasteiger partial charge in [-0.05, 0) is 42.3 Å². The summed E-state index contributed by atoms with van der Waals surface area (Å²) in [6, 6.07) is 11.5. The number of hydrogen-bond donors (Lipinski definition) is 1. The summed E-state index contributed by atoms with van der Waals surface area (Å²) >= 11 is 0. The van der Waals surface area contributed by atoms with Gasteiger partial charge in [0.25, 0.3) is 5.91 Å². The molecule has 0 spiro atoms. The van der Waals surface area contributed by atoms with Crippen LogP contribution in [0.1, 0.15) is 16.1 Å². The molecule has 2 aromatic heterocycles. The molecule has 2 heterocycles. The summed E-state index contributed by atoms with van der Waals surface area (Å²) in [5, 5.41) is 7.40. The molecule has 0 fully saturated rings. The number of carbonyl (C=O) groups excluding carboxylic acids is 1. The quantitative estimate of drug-likeness (QED) is 0.695. The largest absolute Gasteiger partial charge is 0.493 e. The van der Waals surface area contributed by atoms with Crippen LogP contribution in [0, 0.1) is 0 Å². The fourth-order valence-corrected chi connectivity index (χ4v) is 2.98. The summed E-state index contributed by atoms with van der Waals surface area (Å²) in [5.74, 6) is 1.22. The van der Waals surface area contributed by atoms with Crippen molar-refractivity contribution in [1.82, 2.24) is 19.7 Å². The molecule has 0 aliphatic carbocycles. The van der Waals surface area contributed by atoms with Crippen LogP contribution in [0.15, 0.2) is 42.6 Å². The number of methoxy groups -OCH3 is 2. The maximum absolute atomic E-state index is 12.5. The molecule has 7 nitrogen and oxygen atoms in total. The second-order valence-electron chi connectivity index (χ2n) is 6.24. The van der Waals surface area contributed by atoms with E-state index < -0.39 is 0 Å². The van der Waals surface area contributed by atoms with Gasteiger partial charge in [0, 0.05) is 26.8 Å². The number of carbonyl (C=O) groups is 1. The highest BCUT2D eigenvalue weighted by atomic mass is 16.5. The third-order valence-electron chi connectivity index (χ3n) is 4.47. The second kappa shape index (κ2) is 7.99. The lowest BCUT2D eigenvalue weighted by molar-refractivity contribution is 0.0944. The average molecular weight is 368 g/mol. The summed E-state index contributed by atoms with van der Waals surface area (Å²) in [6.07, 6.45) is 2.64. The smallest absolute Gasteiger partial charge is 0.269 e. The highest BCUT2D eigenvalue weighted by Crippen LogP contribution is 2.27. The lowest BCUT2D eigenvalue weighted by atomic mass is 10.1. The monoisotopic (exact) mass is 368 g/mol. The SMILES string of the molecule is COc1ccc(CCNC(=O)c2cc(-c3cccn3C)nn2C)cc1OC. The molecule has 142 valence electrons. The van der Waals surface area contributed by atoms with Gasteiger partial charge >= 0.3 is 0 Å². The van der Waals surface area contributed by atoms with E-state index in [9.17, 15) is 4.79 Å². The number of amides is 1. The van der Waals surface area contributed by atoms with E-state index in [-0.39, 0.29) is 5.91 Å². The van der Waals surface area contributed by atoms with E-state index in [0.29, 0.717) is 30.2 Å². The Kier molecular flexibility index (Phi) is 5.49. The molecule has 0 saturated carbocycles. The van der Waals surface area contributed by atoms with Crippen molar-refractivity contribution in [2.75, 3.05) is 20.8 Å². The molecule has 0 saturated heterocycles. The molecular weight excluding hydrogens is 344 g/mol. The highest BCUT2D eigenvalue weighted by molar-refractivity contribution is 5.93. The number of nitrogens with one attached hydrogen (secondary N) is 1. The van der Waals surface area contributed by atoms with Gasteiger partial charge in [-0.2, -0.15) is 5.10 Å². The molecule has 3 rings (SSSR count). The third-order valence-corrected chi connectivity index (χ3v) is 4.47. The van der Waals surface area contributed by atoms with Crippen molar-refractivity contribution in [2.24, 2.45) is 14.1 Å². The number of benzene rings is 1. The zero-order valence-corrected chi connectivity index (χ0v) is 16.0. The lowest BCUT2D eigenvalue weighted by Gasteiger charge is -2.10. The lowest BCUT2D eigenvalue weighted by Crippen LogP contribution is -2.27. The molecule has 27 heavy (non-hydrogen) atoms. The van der Waals surface area contributed by atoms with Gasteiger partial charge in [-0.1, -0.05) is 6.07 Å². The van der Waals surface area contributed by atoms with Crippen molar-refractivity contribution in [1.29, 1.82) is 0 Å². The standard InChI is InChI=1S/C20H24N4O3/c1-23-11-5-6-16(23)15-13-17(24(2)22-15)20(25)21-10-9-14-7-8-18(26-3)19(12-14)27-4/h5-8,11-13H,9-10H2,1-4H3,(H,21,25). The van der Waals surface area contributed by atoms with Crippen molar-refractivity contribution in [3.05, 3.63) is 53.9 Å². The van der Waals surface area contributed by atoms with Crippen molar-refractivity contribution in [3.8, 4) is 22.9 Å². The Bertz CT molecular complexity index is 943. The Morgan fingerprint density at radius 1 is 1.11 bits per heavy atom. The van der Waals surface area contributed by atoms with Crippen LogP contribution in [0.25, 0.3) is 11.4 Å². The Balaban J connectivity index is 1.63. The van der Waals surface area contributed by atoms with Gasteiger partial charge in [0.15, 0.2) is 11.5 Å². The fraction of sp³-hybridized carbons (Fsp3) is 0.300. The van der Waals surface area contributed by atoms with Gasteiger partial charge in [0.05, 0.1) is 19.9 Å². The Morgan fingerprint density at radius 2 is 1.89 bits per heavy atom. The van der Waals surface area contributed by atoms with Crippen LogP contribution in [-0.2, 0) is 20.5 Å². The summed E-state index contributed by atoms with van der Waals surface area (Å²) in [6.45, 7) is 0.513. The molecule has 0 bridgehead atoms. The minimum Gasteiger partial charge on any atom is -0.493 e. The zero-order chi connectivity index (χ0) is 19.4. The summed E-state index contributed by atoms with van der Waals surface area (Å²) in [5.41, 5.74) is 3.32. The van der Waals surface area contributed by atoms with Gasteiger partial charge < -0.3 is 19.4 Å². The van der Waals surface area contributed by atoms with Crippen molar-refractivity contribution in [3.63, 3.8) is 0 Å². The minimum atomic E-state index is -0.147. The van der Waals surface area contributed by atoms with Crippen molar-refractivity contribution >= 4 is 5.91 Å². The molecule has 1 N–H and O–H groups in total. The first-order valence-corrected chi connectivity index (χ1v) is 8.68. The Morgan fingerprint density at radius 3 is 2.56 bits per heavy atom. The molecule has 0 radical (unpaired) electrons. The number of hydrogen-bond acceptors (Lipinski definition) is 4. The predicted octanol–water partition coefficient (Wildman–Crippen LogP) is 2.42. The molecule has 3 aromatic rings. The van der Waals surface area contributed by atoms with E-state index in [4.69, 9.17) is 9.47 Å². The van der Waals surface area contributed by atoms with Crippen LogP contribution in [0.2, 0.25) is 0 Å². The first kappa shape index (κ1) is 18.6. The molecule has 7 heteroatoms. The van der Waals surface area contributed by atoms with Gasteiger partial charge in [0.2, 0.25) is 0 Å². The number of ether oxygens (including phenoxy) is 2. The first-order valence-electron chi connectivity index (χ1n) is 8.68. The first-order chi connectivity index (χ1) is 13.0. The van der Waals surface area contributed by atoms with Gasteiger partial charge in [0.1, 0.15) is 11.4 Å². The normalized spacial score (nSPS) is 10.7. The van der Waals surface area contributed by atoms with Crippen molar-refractivity contribution < 1.29 is 14.3 Å². The van der Waals surface area contributed by atoms with Crippen molar-refractivity contribution in [2.45, 2.75) is 6.42 Å². The predicted molar refractivity (Wildman–Crippen MR) is 103 cm³/mol. The summed E-state index contributed by atoms with van der Waals surface area (Å²) in [4.78, 5) is 12.5. The van der Waals surface area contributed by atoms with E-state index in [1.54, 1.807) is 32.0 Å². The van der Waals surface area contributed by atoms with Gasteiger partial charge in [-0.3, -0.25) is 9.48 Å². The number of aryl methyl sites for hydroxylation is 2. The summed E-state index contributed by atoms with van der Waals surface area (Å²) in [7, 11) is 6.94. The summed E-state index contributed by atoms with van der Waals surface area (Å²) < 4.78 is 14.1. The number of nitrogens with zero attached hydrogens (tertiary/aromatic N) is 3. The Labute approximate surface area is 158 Å². The van der Waals surface area contributed by atoms with Crippen LogP contribution in [0.5, 0.6) is 11.5 Å². The van der Waals surface area contributed by atoms with Gasteiger partial charge in [-0.25, -0.2) is 0 Å². The van der Waals surface area contributed by atoms with Crippen LogP contribution in [0.4, 0.5) is 0 Å². The maximum Gasteiger partial charge on any atom is 0.269 e. The molecule has 0 aliphatic rings. The topological polar surface area (TPSA) is 70.3 Å².